The van der Waals surface area contributed by atoms with E-state index in [1.54, 1.807) is 17.8 Å². The maximum atomic E-state index is 13.8. The lowest BCUT2D eigenvalue weighted by Gasteiger charge is -2.26. The first kappa shape index (κ1) is 13.6. The quantitative estimate of drug-likeness (QED) is 0.928. The number of thioether (sulfide) groups is 1. The highest BCUT2D eigenvalue weighted by atomic mass is 32.2. The third kappa shape index (κ3) is 2.86. The summed E-state index contributed by atoms with van der Waals surface area (Å²) in [5, 5.41) is 3.52. The molecular weight excluding hydrogens is 271 g/mol. The zero-order chi connectivity index (χ0) is 13.9. The van der Waals surface area contributed by atoms with Crippen molar-refractivity contribution in [3.8, 4) is 0 Å². The molecule has 2 aromatic rings. The third-order valence-electron chi connectivity index (χ3n) is 3.55. The van der Waals surface area contributed by atoms with Crippen molar-refractivity contribution in [2.45, 2.75) is 30.8 Å². The molecule has 1 N–H and O–H groups in total. The second-order valence-corrected chi connectivity index (χ2v) is 6.14. The minimum absolute atomic E-state index is 0.101. The number of aromatic nitrogens is 1. The van der Waals surface area contributed by atoms with Gasteiger partial charge >= 0.3 is 0 Å². The molecule has 0 bridgehead atoms. The summed E-state index contributed by atoms with van der Waals surface area (Å²) in [6, 6.07) is 9.68. The van der Waals surface area contributed by atoms with Crippen LogP contribution in [0, 0.1) is 12.7 Å². The molecule has 104 valence electrons. The van der Waals surface area contributed by atoms with Crippen molar-refractivity contribution in [2.24, 2.45) is 0 Å². The van der Waals surface area contributed by atoms with Crippen LogP contribution in [0.2, 0.25) is 0 Å². The highest BCUT2D eigenvalue weighted by Crippen LogP contribution is 2.37. The van der Waals surface area contributed by atoms with Crippen LogP contribution in [0.15, 0.2) is 41.4 Å². The predicted molar refractivity (Wildman–Crippen MR) is 80.3 cm³/mol. The van der Waals surface area contributed by atoms with Gasteiger partial charge in [-0.25, -0.2) is 4.39 Å². The second kappa shape index (κ2) is 5.94. The van der Waals surface area contributed by atoms with Crippen molar-refractivity contribution in [1.29, 1.82) is 0 Å². The zero-order valence-corrected chi connectivity index (χ0v) is 12.2. The molecule has 0 saturated carbocycles. The molecule has 1 atom stereocenters. The number of halogens is 1. The zero-order valence-electron chi connectivity index (χ0n) is 11.4. The van der Waals surface area contributed by atoms with Crippen molar-refractivity contribution >= 4 is 11.8 Å². The Labute approximate surface area is 122 Å². The highest BCUT2D eigenvalue weighted by Gasteiger charge is 2.22. The first-order chi connectivity index (χ1) is 9.74. The lowest BCUT2D eigenvalue weighted by Crippen LogP contribution is -2.24. The molecule has 2 heterocycles. The predicted octanol–water partition coefficient (Wildman–Crippen LogP) is 3.86. The number of aryl methyl sites for hydroxylation is 1. The third-order valence-corrected chi connectivity index (χ3v) is 4.71. The largest absolute Gasteiger partial charge is 0.306 e. The van der Waals surface area contributed by atoms with E-state index in [1.807, 2.05) is 25.3 Å². The van der Waals surface area contributed by atoms with Crippen LogP contribution in [0.4, 0.5) is 4.39 Å². The Morgan fingerprint density at radius 3 is 3.05 bits per heavy atom. The summed E-state index contributed by atoms with van der Waals surface area (Å²) in [5.74, 6) is 0.855. The highest BCUT2D eigenvalue weighted by molar-refractivity contribution is 7.99. The Bertz CT molecular complexity index is 598. The van der Waals surface area contributed by atoms with Crippen molar-refractivity contribution in [3.63, 3.8) is 0 Å². The molecule has 2 nitrogen and oxygen atoms in total. The van der Waals surface area contributed by atoms with Crippen LogP contribution in [-0.4, -0.2) is 10.7 Å². The Morgan fingerprint density at radius 1 is 1.35 bits per heavy atom. The number of hydrogen-bond donors (Lipinski definition) is 1. The van der Waals surface area contributed by atoms with Crippen LogP contribution in [0.5, 0.6) is 0 Å². The molecule has 1 aliphatic heterocycles. The molecule has 20 heavy (non-hydrogen) atoms. The van der Waals surface area contributed by atoms with Crippen LogP contribution in [0.3, 0.4) is 0 Å². The van der Waals surface area contributed by atoms with E-state index in [0.29, 0.717) is 0 Å². The van der Waals surface area contributed by atoms with Gasteiger partial charge in [-0.1, -0.05) is 18.2 Å². The van der Waals surface area contributed by atoms with Crippen molar-refractivity contribution < 1.29 is 4.39 Å². The van der Waals surface area contributed by atoms with Gasteiger partial charge in [-0.3, -0.25) is 4.98 Å². The Morgan fingerprint density at radius 2 is 2.25 bits per heavy atom. The van der Waals surface area contributed by atoms with Gasteiger partial charge in [-0.2, -0.15) is 0 Å². The maximum absolute atomic E-state index is 13.8. The molecule has 0 amide bonds. The lowest BCUT2D eigenvalue weighted by atomic mass is 10.0. The molecule has 0 aliphatic carbocycles. The van der Waals surface area contributed by atoms with Gasteiger partial charge in [0, 0.05) is 29.4 Å². The van der Waals surface area contributed by atoms with E-state index >= 15 is 0 Å². The molecule has 4 heteroatoms. The van der Waals surface area contributed by atoms with E-state index in [2.05, 4.69) is 16.4 Å². The van der Waals surface area contributed by atoms with Gasteiger partial charge < -0.3 is 5.32 Å². The monoisotopic (exact) mass is 288 g/mol. The fraction of sp³-hybridized carbons (Fsp3) is 0.312. The summed E-state index contributed by atoms with van der Waals surface area (Å²) in [4.78, 5) is 5.10. The number of benzene rings is 1. The van der Waals surface area contributed by atoms with Crippen LogP contribution >= 0.6 is 11.8 Å². The van der Waals surface area contributed by atoms with Gasteiger partial charge in [-0.15, -0.1) is 11.8 Å². The van der Waals surface area contributed by atoms with Gasteiger partial charge in [-0.05, 0) is 42.4 Å². The number of fused-ring (bicyclic) bond motifs is 1. The summed E-state index contributed by atoms with van der Waals surface area (Å²) in [7, 11) is 0. The van der Waals surface area contributed by atoms with E-state index < -0.39 is 0 Å². The molecule has 0 fully saturated rings. The molecule has 1 unspecified atom stereocenters. The summed E-state index contributed by atoms with van der Waals surface area (Å²) in [5.41, 5.74) is 3.27. The van der Waals surface area contributed by atoms with Gasteiger partial charge in [0.1, 0.15) is 5.82 Å². The number of nitrogens with one attached hydrogen (secondary N) is 1. The molecule has 1 aromatic heterocycles. The van der Waals surface area contributed by atoms with E-state index in [4.69, 9.17) is 0 Å². The van der Waals surface area contributed by atoms with Crippen LogP contribution in [-0.2, 0) is 6.54 Å². The standard InChI is InChI=1S/C16H17FN2S/c1-11-5-6-12(9-18-11)10-19-15-7-8-20-16-13(15)3-2-4-14(16)17/h2-6,9,15,19H,7-8,10H2,1H3. The van der Waals surface area contributed by atoms with Crippen molar-refractivity contribution in [3.05, 3.63) is 59.2 Å². The number of hydrogen-bond acceptors (Lipinski definition) is 3. The molecule has 1 aromatic carbocycles. The normalized spacial score (nSPS) is 17.8. The van der Waals surface area contributed by atoms with Crippen molar-refractivity contribution in [1.82, 2.24) is 10.3 Å². The van der Waals surface area contributed by atoms with Gasteiger partial charge in [0.15, 0.2) is 0 Å². The van der Waals surface area contributed by atoms with Gasteiger partial charge in [0.25, 0.3) is 0 Å². The van der Waals surface area contributed by atoms with E-state index in [1.165, 1.54) is 6.07 Å². The molecule has 0 spiro atoms. The topological polar surface area (TPSA) is 24.9 Å². The van der Waals surface area contributed by atoms with E-state index in [0.717, 1.165) is 40.4 Å². The fourth-order valence-electron chi connectivity index (χ4n) is 2.44. The van der Waals surface area contributed by atoms with E-state index in [-0.39, 0.29) is 11.9 Å². The average molecular weight is 288 g/mol. The Balaban J connectivity index is 1.73. The molecule has 3 rings (SSSR count). The summed E-state index contributed by atoms with van der Waals surface area (Å²) in [6.07, 6.45) is 2.92. The van der Waals surface area contributed by atoms with Crippen LogP contribution in [0.25, 0.3) is 0 Å². The average Bonchev–Trinajstić information content (AvgIpc) is 2.47. The number of nitrogens with zero attached hydrogens (tertiary/aromatic N) is 1. The first-order valence-corrected chi connectivity index (χ1v) is 7.79. The Kier molecular flexibility index (Phi) is 4.03. The molecule has 1 aliphatic rings. The number of pyridine rings is 1. The summed E-state index contributed by atoms with van der Waals surface area (Å²) >= 11 is 1.62. The number of rotatable bonds is 3. The summed E-state index contributed by atoms with van der Waals surface area (Å²) < 4.78 is 13.8. The smallest absolute Gasteiger partial charge is 0.137 e. The van der Waals surface area contributed by atoms with Crippen LogP contribution < -0.4 is 5.32 Å². The van der Waals surface area contributed by atoms with Crippen LogP contribution in [0.1, 0.15) is 29.3 Å². The molecular formula is C16H17FN2S. The van der Waals surface area contributed by atoms with Gasteiger partial charge in [0.2, 0.25) is 0 Å². The molecule has 0 saturated heterocycles. The van der Waals surface area contributed by atoms with Crippen molar-refractivity contribution in [2.75, 3.05) is 5.75 Å². The maximum Gasteiger partial charge on any atom is 0.137 e. The summed E-state index contributed by atoms with van der Waals surface area (Å²) in [6.45, 7) is 2.74. The lowest BCUT2D eigenvalue weighted by molar-refractivity contribution is 0.496. The fourth-order valence-corrected chi connectivity index (χ4v) is 3.58. The molecule has 0 radical (unpaired) electrons. The minimum Gasteiger partial charge on any atom is -0.306 e. The SMILES string of the molecule is Cc1ccc(CNC2CCSc3c(F)cccc32)cn1. The minimum atomic E-state index is -0.101. The Hall–Kier alpha value is -1.39. The van der Waals surface area contributed by atoms with Gasteiger partial charge in [0.05, 0.1) is 0 Å². The second-order valence-electron chi connectivity index (χ2n) is 5.04. The van der Waals surface area contributed by atoms with E-state index in [9.17, 15) is 4.39 Å². The first-order valence-electron chi connectivity index (χ1n) is 6.80.